The minimum absolute atomic E-state index is 0.0837. The second-order valence-electron chi connectivity index (χ2n) is 5.79. The van der Waals surface area contributed by atoms with Gasteiger partial charge in [0.25, 0.3) is 5.91 Å². The molecule has 0 saturated carbocycles. The molecule has 5 nitrogen and oxygen atoms in total. The third-order valence-corrected chi connectivity index (χ3v) is 4.03. The first kappa shape index (κ1) is 16.1. The van der Waals surface area contributed by atoms with Crippen molar-refractivity contribution >= 4 is 11.8 Å². The highest BCUT2D eigenvalue weighted by Gasteiger charge is 2.34. The van der Waals surface area contributed by atoms with Crippen LogP contribution in [0.25, 0.3) is 0 Å². The number of amides is 2. The summed E-state index contributed by atoms with van der Waals surface area (Å²) >= 11 is 0. The van der Waals surface area contributed by atoms with Crippen molar-refractivity contribution in [2.24, 2.45) is 0 Å². The molecular formula is C19H20N2O3. The van der Waals surface area contributed by atoms with Crippen LogP contribution in [0.15, 0.2) is 54.6 Å². The number of hydrogen-bond acceptors (Lipinski definition) is 3. The Labute approximate surface area is 141 Å². The highest BCUT2D eigenvalue weighted by Crippen LogP contribution is 2.23. The average Bonchev–Trinajstić information content (AvgIpc) is 2.61. The van der Waals surface area contributed by atoms with Crippen molar-refractivity contribution in [3.63, 3.8) is 0 Å². The highest BCUT2D eigenvalue weighted by molar-refractivity contribution is 5.90. The summed E-state index contributed by atoms with van der Waals surface area (Å²) in [6.45, 7) is 2.84. The highest BCUT2D eigenvalue weighted by atomic mass is 16.5. The molecule has 2 aromatic rings. The maximum Gasteiger partial charge on any atom is 0.261 e. The molecule has 124 valence electrons. The number of ether oxygens (including phenoxy) is 1. The molecule has 1 heterocycles. The molecule has 24 heavy (non-hydrogen) atoms. The summed E-state index contributed by atoms with van der Waals surface area (Å²) in [5.41, 5.74) is 1.93. The summed E-state index contributed by atoms with van der Waals surface area (Å²) in [4.78, 5) is 26.4. The van der Waals surface area contributed by atoms with Crippen molar-refractivity contribution in [2.45, 2.75) is 13.0 Å². The number of rotatable bonds is 4. The Morgan fingerprint density at radius 3 is 2.58 bits per heavy atom. The quantitative estimate of drug-likeness (QED) is 0.937. The van der Waals surface area contributed by atoms with Crippen LogP contribution < -0.4 is 10.1 Å². The van der Waals surface area contributed by atoms with Crippen molar-refractivity contribution in [3.05, 3.63) is 65.7 Å². The number of benzene rings is 2. The summed E-state index contributed by atoms with van der Waals surface area (Å²) in [7, 11) is 0. The van der Waals surface area contributed by atoms with Crippen molar-refractivity contribution in [1.29, 1.82) is 0 Å². The van der Waals surface area contributed by atoms with Gasteiger partial charge in [-0.2, -0.15) is 0 Å². The van der Waals surface area contributed by atoms with Crippen molar-refractivity contribution < 1.29 is 14.3 Å². The maximum atomic E-state index is 12.6. The van der Waals surface area contributed by atoms with Crippen LogP contribution in [0, 0.1) is 6.92 Å². The second-order valence-corrected chi connectivity index (χ2v) is 5.79. The normalized spacial score (nSPS) is 17.3. The number of piperazine rings is 1. The van der Waals surface area contributed by atoms with E-state index < -0.39 is 6.04 Å². The lowest BCUT2D eigenvalue weighted by atomic mass is 10.0. The van der Waals surface area contributed by atoms with Crippen LogP contribution in [-0.4, -0.2) is 36.4 Å². The lowest BCUT2D eigenvalue weighted by Gasteiger charge is -2.35. The number of carbonyl (C=O) groups excluding carboxylic acids is 2. The minimum Gasteiger partial charge on any atom is -0.484 e. The van der Waals surface area contributed by atoms with Crippen molar-refractivity contribution in [1.82, 2.24) is 10.2 Å². The fraction of sp³-hybridized carbons (Fsp3) is 0.263. The smallest absolute Gasteiger partial charge is 0.261 e. The van der Waals surface area contributed by atoms with E-state index in [1.807, 2.05) is 61.5 Å². The molecule has 1 unspecified atom stereocenters. The predicted octanol–water partition coefficient (Wildman–Crippen LogP) is 2.07. The standard InChI is InChI=1S/C19H20N2O3/c1-14-7-9-16(10-8-14)24-13-17(22)21-12-11-20-19(23)18(21)15-5-3-2-4-6-15/h2-10,18H,11-13H2,1H3,(H,20,23). The van der Waals surface area contributed by atoms with E-state index in [2.05, 4.69) is 5.32 Å². The zero-order chi connectivity index (χ0) is 16.9. The van der Waals surface area contributed by atoms with E-state index in [1.165, 1.54) is 0 Å². The van der Waals surface area contributed by atoms with E-state index >= 15 is 0 Å². The van der Waals surface area contributed by atoms with Gasteiger partial charge < -0.3 is 15.0 Å². The topological polar surface area (TPSA) is 58.6 Å². The van der Waals surface area contributed by atoms with Gasteiger partial charge in [0.15, 0.2) is 6.61 Å². The molecule has 0 spiro atoms. The van der Waals surface area contributed by atoms with Crippen LogP contribution >= 0.6 is 0 Å². The SMILES string of the molecule is Cc1ccc(OCC(=O)N2CCNC(=O)C2c2ccccc2)cc1. The number of nitrogens with one attached hydrogen (secondary N) is 1. The Morgan fingerprint density at radius 1 is 1.17 bits per heavy atom. The Hall–Kier alpha value is -2.82. The van der Waals surface area contributed by atoms with Crippen LogP contribution in [0.1, 0.15) is 17.2 Å². The van der Waals surface area contributed by atoms with E-state index in [0.29, 0.717) is 18.8 Å². The van der Waals surface area contributed by atoms with Crippen LogP contribution in [-0.2, 0) is 9.59 Å². The number of hydrogen-bond donors (Lipinski definition) is 1. The molecular weight excluding hydrogens is 304 g/mol. The van der Waals surface area contributed by atoms with Gasteiger partial charge in [0.1, 0.15) is 11.8 Å². The van der Waals surface area contributed by atoms with Gasteiger partial charge in [-0.25, -0.2) is 0 Å². The van der Waals surface area contributed by atoms with Gasteiger partial charge in [0.05, 0.1) is 0 Å². The molecule has 0 bridgehead atoms. The number of aryl methyl sites for hydroxylation is 1. The zero-order valence-electron chi connectivity index (χ0n) is 13.6. The van der Waals surface area contributed by atoms with Crippen LogP contribution in [0.4, 0.5) is 0 Å². The third-order valence-electron chi connectivity index (χ3n) is 4.03. The van der Waals surface area contributed by atoms with Crippen molar-refractivity contribution in [3.8, 4) is 5.75 Å². The first-order valence-corrected chi connectivity index (χ1v) is 7.97. The molecule has 1 saturated heterocycles. The summed E-state index contributed by atoms with van der Waals surface area (Å²) in [6.07, 6.45) is 0. The first-order chi connectivity index (χ1) is 11.6. The molecule has 5 heteroatoms. The van der Waals surface area contributed by atoms with Crippen LogP contribution in [0.3, 0.4) is 0 Å². The average molecular weight is 324 g/mol. The summed E-state index contributed by atoms with van der Waals surface area (Å²) in [6, 6.07) is 16.3. The van der Waals surface area contributed by atoms with Gasteiger partial charge in [-0.3, -0.25) is 9.59 Å². The van der Waals surface area contributed by atoms with E-state index in [4.69, 9.17) is 4.74 Å². The van der Waals surface area contributed by atoms with Gasteiger partial charge in [0, 0.05) is 13.1 Å². The molecule has 0 radical (unpaired) electrons. The Balaban J connectivity index is 1.71. The van der Waals surface area contributed by atoms with E-state index in [0.717, 1.165) is 11.1 Å². The molecule has 0 aliphatic carbocycles. The zero-order valence-corrected chi connectivity index (χ0v) is 13.6. The monoisotopic (exact) mass is 324 g/mol. The predicted molar refractivity (Wildman–Crippen MR) is 90.6 cm³/mol. The lowest BCUT2D eigenvalue weighted by molar-refractivity contribution is -0.145. The molecule has 1 aliphatic rings. The minimum atomic E-state index is -0.603. The number of carbonyl (C=O) groups is 2. The largest absolute Gasteiger partial charge is 0.484 e. The Morgan fingerprint density at radius 2 is 1.88 bits per heavy atom. The lowest BCUT2D eigenvalue weighted by Crippen LogP contribution is -2.53. The van der Waals surface area contributed by atoms with Gasteiger partial charge in [-0.05, 0) is 24.6 Å². The van der Waals surface area contributed by atoms with Gasteiger partial charge in [-0.1, -0.05) is 48.0 Å². The first-order valence-electron chi connectivity index (χ1n) is 7.97. The van der Waals surface area contributed by atoms with Gasteiger partial charge >= 0.3 is 0 Å². The molecule has 2 aromatic carbocycles. The van der Waals surface area contributed by atoms with Gasteiger partial charge in [-0.15, -0.1) is 0 Å². The second kappa shape index (κ2) is 7.17. The summed E-state index contributed by atoms with van der Waals surface area (Å²) in [5.74, 6) is 0.294. The van der Waals surface area contributed by atoms with Crippen LogP contribution in [0.2, 0.25) is 0 Å². The fourth-order valence-electron chi connectivity index (χ4n) is 2.76. The fourth-order valence-corrected chi connectivity index (χ4v) is 2.76. The number of nitrogens with zero attached hydrogens (tertiary/aromatic N) is 1. The molecule has 1 fully saturated rings. The third kappa shape index (κ3) is 3.56. The molecule has 0 aromatic heterocycles. The summed E-state index contributed by atoms with van der Waals surface area (Å²) < 4.78 is 5.57. The van der Waals surface area contributed by atoms with E-state index in [9.17, 15) is 9.59 Å². The maximum absolute atomic E-state index is 12.6. The van der Waals surface area contributed by atoms with Crippen molar-refractivity contribution in [2.75, 3.05) is 19.7 Å². The van der Waals surface area contributed by atoms with Gasteiger partial charge in [0.2, 0.25) is 5.91 Å². The molecule has 1 N–H and O–H groups in total. The molecule has 1 atom stereocenters. The summed E-state index contributed by atoms with van der Waals surface area (Å²) in [5, 5.41) is 2.82. The van der Waals surface area contributed by atoms with Crippen LogP contribution in [0.5, 0.6) is 5.75 Å². The van der Waals surface area contributed by atoms with E-state index in [1.54, 1.807) is 4.90 Å². The molecule has 1 aliphatic heterocycles. The van der Waals surface area contributed by atoms with E-state index in [-0.39, 0.29) is 18.4 Å². The Bertz CT molecular complexity index is 713. The molecule has 3 rings (SSSR count). The Kier molecular flexibility index (Phi) is 4.79. The molecule has 2 amide bonds.